The number of β-amino-alcohol motifs (C(OH)–C–C–N with tert-alkyl or cyclic N) is 1. The molecule has 1 aliphatic carbocycles. The second kappa shape index (κ2) is 3.70. The highest BCUT2D eigenvalue weighted by Crippen LogP contribution is 2.44. The van der Waals surface area contributed by atoms with E-state index in [1.165, 1.54) is 6.42 Å². The van der Waals surface area contributed by atoms with Crippen LogP contribution < -0.4 is 5.32 Å². The summed E-state index contributed by atoms with van der Waals surface area (Å²) >= 11 is 0. The lowest BCUT2D eigenvalue weighted by atomic mass is 9.88. The highest BCUT2D eigenvalue weighted by atomic mass is 16.3. The molecule has 0 bridgehead atoms. The normalized spacial score (nSPS) is 32.6. The van der Waals surface area contributed by atoms with Gasteiger partial charge in [0, 0.05) is 12.5 Å². The van der Waals surface area contributed by atoms with Gasteiger partial charge in [-0.15, -0.1) is 0 Å². The van der Waals surface area contributed by atoms with E-state index in [1.54, 1.807) is 0 Å². The number of carbonyl (C=O) groups excluding carboxylic acids is 1. The molecule has 1 saturated carbocycles. The number of hydrogen-bond acceptors (Lipinski definition) is 3. The number of carbonyl (C=O) groups is 1. The Labute approximate surface area is 96.0 Å². The van der Waals surface area contributed by atoms with Crippen molar-refractivity contribution in [3.63, 3.8) is 0 Å². The zero-order valence-corrected chi connectivity index (χ0v) is 9.61. The first-order chi connectivity index (χ1) is 7.67. The molecule has 0 radical (unpaired) electrons. The maximum atomic E-state index is 11.9. The molecule has 3 aliphatic rings. The third kappa shape index (κ3) is 1.84. The second-order valence-electron chi connectivity index (χ2n) is 5.63. The Kier molecular flexibility index (Phi) is 2.44. The van der Waals surface area contributed by atoms with Gasteiger partial charge in [0.2, 0.25) is 5.91 Å². The van der Waals surface area contributed by atoms with Crippen molar-refractivity contribution in [3.8, 4) is 0 Å². The predicted octanol–water partition coefficient (Wildman–Crippen LogP) is 0.112. The summed E-state index contributed by atoms with van der Waals surface area (Å²) in [6.45, 7) is 2.19. The molecule has 0 aromatic carbocycles. The van der Waals surface area contributed by atoms with Crippen LogP contribution >= 0.6 is 0 Å². The Bertz CT molecular complexity index is 289. The highest BCUT2D eigenvalue weighted by Gasteiger charge is 2.53. The van der Waals surface area contributed by atoms with Crippen LogP contribution in [-0.2, 0) is 4.79 Å². The molecule has 3 rings (SSSR count). The molecule has 2 saturated heterocycles. The summed E-state index contributed by atoms with van der Waals surface area (Å²) in [5.74, 6) is 0.686. The average Bonchev–Trinajstić information content (AvgIpc) is 2.94. The SMILES string of the molecule is O=C(CC1CCCN1)N1CC(O)(C2CC2)C1. The molecule has 2 heterocycles. The summed E-state index contributed by atoms with van der Waals surface area (Å²) in [7, 11) is 0. The lowest BCUT2D eigenvalue weighted by molar-refractivity contribution is -0.159. The highest BCUT2D eigenvalue weighted by molar-refractivity contribution is 5.78. The van der Waals surface area contributed by atoms with Crippen LogP contribution in [0.25, 0.3) is 0 Å². The lowest BCUT2D eigenvalue weighted by Gasteiger charge is -2.47. The van der Waals surface area contributed by atoms with Gasteiger partial charge in [-0.3, -0.25) is 4.79 Å². The van der Waals surface area contributed by atoms with Crippen LogP contribution in [0.15, 0.2) is 0 Å². The molecule has 0 aromatic heterocycles. The average molecular weight is 224 g/mol. The van der Waals surface area contributed by atoms with E-state index in [1.807, 2.05) is 4.90 Å². The number of amides is 1. The van der Waals surface area contributed by atoms with Gasteiger partial charge in [0.25, 0.3) is 0 Å². The largest absolute Gasteiger partial charge is 0.386 e. The van der Waals surface area contributed by atoms with Crippen LogP contribution in [-0.4, -0.2) is 47.2 Å². The van der Waals surface area contributed by atoms with Crippen molar-refractivity contribution in [2.45, 2.75) is 43.7 Å². The maximum absolute atomic E-state index is 11.9. The number of aliphatic hydroxyl groups is 1. The van der Waals surface area contributed by atoms with Crippen LogP contribution in [0.3, 0.4) is 0 Å². The maximum Gasteiger partial charge on any atom is 0.224 e. The first kappa shape index (κ1) is 10.5. The summed E-state index contributed by atoms with van der Waals surface area (Å²) in [6, 6.07) is 0.377. The van der Waals surface area contributed by atoms with Crippen LogP contribution in [0.2, 0.25) is 0 Å². The lowest BCUT2D eigenvalue weighted by Crippen LogP contribution is -2.65. The molecule has 2 N–H and O–H groups in total. The topological polar surface area (TPSA) is 52.6 Å². The number of nitrogens with zero attached hydrogens (tertiary/aromatic N) is 1. The Morgan fingerprint density at radius 3 is 2.69 bits per heavy atom. The van der Waals surface area contributed by atoms with Gasteiger partial charge in [0.05, 0.1) is 13.1 Å². The van der Waals surface area contributed by atoms with Gasteiger partial charge < -0.3 is 15.3 Å². The van der Waals surface area contributed by atoms with Crippen molar-refractivity contribution in [1.29, 1.82) is 0 Å². The van der Waals surface area contributed by atoms with E-state index >= 15 is 0 Å². The van der Waals surface area contributed by atoms with Crippen molar-refractivity contribution in [2.24, 2.45) is 5.92 Å². The molecule has 4 nitrogen and oxygen atoms in total. The minimum atomic E-state index is -0.529. The van der Waals surface area contributed by atoms with Crippen molar-refractivity contribution in [3.05, 3.63) is 0 Å². The molecule has 4 heteroatoms. The molecular weight excluding hydrogens is 204 g/mol. The van der Waals surface area contributed by atoms with Crippen LogP contribution in [0.4, 0.5) is 0 Å². The molecule has 1 atom stereocenters. The van der Waals surface area contributed by atoms with E-state index in [0.29, 0.717) is 31.5 Å². The molecular formula is C12H20N2O2. The molecule has 2 aliphatic heterocycles. The summed E-state index contributed by atoms with van der Waals surface area (Å²) in [5, 5.41) is 13.5. The van der Waals surface area contributed by atoms with Crippen LogP contribution in [0.5, 0.6) is 0 Å². The van der Waals surface area contributed by atoms with E-state index < -0.39 is 5.60 Å². The molecule has 1 unspecified atom stereocenters. The molecule has 0 aromatic rings. The molecule has 90 valence electrons. The fourth-order valence-corrected chi connectivity index (χ4v) is 2.94. The minimum Gasteiger partial charge on any atom is -0.386 e. The first-order valence-electron chi connectivity index (χ1n) is 6.41. The van der Waals surface area contributed by atoms with Gasteiger partial charge in [-0.05, 0) is 38.1 Å². The Morgan fingerprint density at radius 1 is 1.38 bits per heavy atom. The van der Waals surface area contributed by atoms with Gasteiger partial charge in [-0.25, -0.2) is 0 Å². The van der Waals surface area contributed by atoms with Gasteiger partial charge in [-0.2, -0.15) is 0 Å². The van der Waals surface area contributed by atoms with E-state index in [0.717, 1.165) is 25.8 Å². The van der Waals surface area contributed by atoms with E-state index in [9.17, 15) is 9.90 Å². The second-order valence-corrected chi connectivity index (χ2v) is 5.63. The van der Waals surface area contributed by atoms with Crippen molar-refractivity contribution in [2.75, 3.05) is 19.6 Å². The van der Waals surface area contributed by atoms with Gasteiger partial charge >= 0.3 is 0 Å². The standard InChI is InChI=1S/C12H20N2O2/c15-11(6-10-2-1-5-13-10)14-7-12(16,8-14)9-3-4-9/h9-10,13,16H,1-8H2. The van der Waals surface area contributed by atoms with E-state index in [-0.39, 0.29) is 5.91 Å². The molecule has 3 fully saturated rings. The number of hydrogen-bond donors (Lipinski definition) is 2. The van der Waals surface area contributed by atoms with Crippen molar-refractivity contribution in [1.82, 2.24) is 10.2 Å². The third-order valence-corrected chi connectivity index (χ3v) is 4.20. The van der Waals surface area contributed by atoms with E-state index in [2.05, 4.69) is 5.32 Å². The summed E-state index contributed by atoms with van der Waals surface area (Å²) in [5.41, 5.74) is -0.529. The zero-order valence-electron chi connectivity index (χ0n) is 9.61. The Balaban J connectivity index is 1.46. The third-order valence-electron chi connectivity index (χ3n) is 4.20. The summed E-state index contributed by atoms with van der Waals surface area (Å²) in [4.78, 5) is 13.7. The van der Waals surface area contributed by atoms with Crippen LogP contribution in [0, 0.1) is 5.92 Å². The predicted molar refractivity (Wildman–Crippen MR) is 59.9 cm³/mol. The number of rotatable bonds is 3. The Hall–Kier alpha value is -0.610. The quantitative estimate of drug-likeness (QED) is 0.715. The number of nitrogens with one attached hydrogen (secondary N) is 1. The van der Waals surface area contributed by atoms with Gasteiger partial charge in [0.15, 0.2) is 0 Å². The van der Waals surface area contributed by atoms with Crippen molar-refractivity contribution < 1.29 is 9.90 Å². The van der Waals surface area contributed by atoms with Crippen molar-refractivity contribution >= 4 is 5.91 Å². The number of likely N-dealkylation sites (tertiary alicyclic amines) is 1. The fraction of sp³-hybridized carbons (Fsp3) is 0.917. The van der Waals surface area contributed by atoms with Gasteiger partial charge in [0.1, 0.15) is 5.60 Å². The minimum absolute atomic E-state index is 0.213. The first-order valence-corrected chi connectivity index (χ1v) is 6.41. The Morgan fingerprint density at radius 2 is 2.12 bits per heavy atom. The summed E-state index contributed by atoms with van der Waals surface area (Å²) < 4.78 is 0. The molecule has 16 heavy (non-hydrogen) atoms. The molecule has 1 amide bonds. The monoisotopic (exact) mass is 224 g/mol. The van der Waals surface area contributed by atoms with E-state index in [4.69, 9.17) is 0 Å². The zero-order chi connectivity index (χ0) is 11.2. The molecule has 0 spiro atoms. The van der Waals surface area contributed by atoms with Gasteiger partial charge in [-0.1, -0.05) is 0 Å². The van der Waals surface area contributed by atoms with Crippen LogP contribution in [0.1, 0.15) is 32.1 Å². The fourth-order valence-electron chi connectivity index (χ4n) is 2.94. The summed E-state index contributed by atoms with van der Waals surface area (Å²) in [6.07, 6.45) is 5.20. The smallest absolute Gasteiger partial charge is 0.224 e.